The maximum atomic E-state index is 12.6. The van der Waals surface area contributed by atoms with Crippen molar-refractivity contribution in [2.45, 2.75) is 57.9 Å². The molecule has 1 N–H and O–H groups in total. The van der Waals surface area contributed by atoms with Gasteiger partial charge in [0.1, 0.15) is 5.82 Å². The summed E-state index contributed by atoms with van der Waals surface area (Å²) >= 11 is 0. The summed E-state index contributed by atoms with van der Waals surface area (Å²) < 4.78 is 0. The second-order valence-electron chi connectivity index (χ2n) is 6.76. The Hall–Kier alpha value is -1.87. The topological polar surface area (TPSA) is 76.0 Å². The van der Waals surface area contributed by atoms with Crippen molar-refractivity contribution in [2.75, 3.05) is 26.2 Å². The molecule has 1 atom stereocenters. The number of H-pyrrole nitrogens is 1. The number of hydrogen-bond donors (Lipinski definition) is 1. The lowest BCUT2D eigenvalue weighted by Crippen LogP contribution is -2.40. The first-order valence-corrected chi connectivity index (χ1v) is 9.19. The van der Waals surface area contributed by atoms with Gasteiger partial charge < -0.3 is 9.88 Å². The average molecular weight is 329 g/mol. The molecule has 1 aromatic heterocycles. The Morgan fingerprint density at radius 1 is 1.42 bits per heavy atom. The highest BCUT2D eigenvalue weighted by Gasteiger charge is 2.31. The molecule has 1 fully saturated rings. The fraction of sp³-hybridized carbons (Fsp3) is 0.722. The summed E-state index contributed by atoms with van der Waals surface area (Å²) in [7, 11) is 0. The fourth-order valence-electron chi connectivity index (χ4n) is 3.88. The minimum Gasteiger partial charge on any atom is -0.344 e. The molecule has 1 aliphatic heterocycles. The van der Waals surface area contributed by atoms with Crippen LogP contribution in [0.4, 0.5) is 0 Å². The van der Waals surface area contributed by atoms with Gasteiger partial charge in [-0.2, -0.15) is 5.26 Å². The number of aromatic amines is 1. The van der Waals surface area contributed by atoms with Crippen molar-refractivity contribution >= 4 is 5.91 Å². The van der Waals surface area contributed by atoms with Gasteiger partial charge in [0.2, 0.25) is 5.91 Å². The zero-order valence-corrected chi connectivity index (χ0v) is 14.6. The van der Waals surface area contributed by atoms with E-state index in [1.165, 1.54) is 24.2 Å². The van der Waals surface area contributed by atoms with E-state index in [0.717, 1.165) is 38.1 Å². The summed E-state index contributed by atoms with van der Waals surface area (Å²) in [5.41, 5.74) is 2.54. The van der Waals surface area contributed by atoms with Gasteiger partial charge in [-0.3, -0.25) is 9.69 Å². The Morgan fingerprint density at radius 3 is 3.00 bits per heavy atom. The normalized spacial score (nSPS) is 20.6. The number of carbonyl (C=O) groups is 1. The smallest absolute Gasteiger partial charge is 0.236 e. The van der Waals surface area contributed by atoms with Crippen molar-refractivity contribution in [3.05, 3.63) is 17.2 Å². The molecule has 0 aromatic carbocycles. The van der Waals surface area contributed by atoms with Crippen LogP contribution in [0, 0.1) is 11.3 Å². The van der Waals surface area contributed by atoms with Crippen LogP contribution in [0.2, 0.25) is 0 Å². The predicted octanol–water partition coefficient (Wildman–Crippen LogP) is 2.19. The molecule has 1 amide bonds. The molecule has 1 aromatic rings. The van der Waals surface area contributed by atoms with Crippen molar-refractivity contribution in [2.24, 2.45) is 0 Å². The Labute approximate surface area is 143 Å². The van der Waals surface area contributed by atoms with Crippen LogP contribution in [0.3, 0.4) is 0 Å². The van der Waals surface area contributed by atoms with Crippen molar-refractivity contribution < 1.29 is 4.79 Å². The van der Waals surface area contributed by atoms with Gasteiger partial charge in [0.25, 0.3) is 0 Å². The number of fused-ring (bicyclic) bond motifs is 1. The quantitative estimate of drug-likeness (QED) is 0.868. The minimum absolute atomic E-state index is 0.121. The highest BCUT2D eigenvalue weighted by atomic mass is 16.2. The number of carbonyl (C=O) groups excluding carboxylic acids is 1. The van der Waals surface area contributed by atoms with Gasteiger partial charge >= 0.3 is 0 Å². The number of amides is 1. The average Bonchev–Trinajstić information content (AvgIpc) is 3.21. The Balaban J connectivity index is 1.66. The van der Waals surface area contributed by atoms with E-state index in [1.807, 2.05) is 6.92 Å². The number of rotatable bonds is 6. The second kappa shape index (κ2) is 7.80. The minimum atomic E-state index is 0.121. The van der Waals surface area contributed by atoms with E-state index in [2.05, 4.69) is 16.0 Å². The van der Waals surface area contributed by atoms with E-state index < -0.39 is 0 Å². The maximum absolute atomic E-state index is 12.6. The van der Waals surface area contributed by atoms with Gasteiger partial charge in [0, 0.05) is 18.8 Å². The van der Waals surface area contributed by atoms with Crippen molar-refractivity contribution in [3.63, 3.8) is 0 Å². The molecule has 2 aliphatic rings. The van der Waals surface area contributed by atoms with Gasteiger partial charge in [0.05, 0.1) is 30.8 Å². The second-order valence-corrected chi connectivity index (χ2v) is 6.76. The van der Waals surface area contributed by atoms with Crippen molar-refractivity contribution in [1.29, 1.82) is 5.26 Å². The van der Waals surface area contributed by atoms with E-state index in [1.54, 1.807) is 4.90 Å². The lowest BCUT2D eigenvalue weighted by molar-refractivity contribution is -0.132. The predicted molar refractivity (Wildman–Crippen MR) is 91.3 cm³/mol. The molecule has 1 saturated heterocycles. The summed E-state index contributed by atoms with van der Waals surface area (Å²) in [5, 5.41) is 8.74. The monoisotopic (exact) mass is 329 g/mol. The van der Waals surface area contributed by atoms with Crippen LogP contribution in [0.15, 0.2) is 0 Å². The third kappa shape index (κ3) is 3.62. The highest BCUT2D eigenvalue weighted by Crippen LogP contribution is 2.32. The van der Waals surface area contributed by atoms with E-state index in [9.17, 15) is 4.79 Å². The molecule has 130 valence electrons. The lowest BCUT2D eigenvalue weighted by atomic mass is 10.0. The first kappa shape index (κ1) is 17.0. The third-order valence-corrected chi connectivity index (χ3v) is 5.22. The lowest BCUT2D eigenvalue weighted by Gasteiger charge is -2.26. The number of likely N-dealkylation sites (tertiary alicyclic amines) is 1. The number of imidazole rings is 1. The van der Waals surface area contributed by atoms with E-state index in [4.69, 9.17) is 10.2 Å². The standard InChI is InChI=1S/C18H27N5O/c1-2-22(12-6-10-19)17(24)13-23-11-5-9-16(23)18-20-14-7-3-4-8-15(14)21-18/h16H,2-9,11-13H2,1H3,(H,20,21). The van der Waals surface area contributed by atoms with Crippen LogP contribution < -0.4 is 0 Å². The number of aromatic nitrogens is 2. The summed E-state index contributed by atoms with van der Waals surface area (Å²) in [6.07, 6.45) is 7.22. The van der Waals surface area contributed by atoms with Gasteiger partial charge in [-0.25, -0.2) is 4.98 Å². The molecule has 1 unspecified atom stereocenters. The Bertz CT molecular complexity index is 594. The maximum Gasteiger partial charge on any atom is 0.236 e. The SMILES string of the molecule is CCN(CCC#N)C(=O)CN1CCCC1c1nc2c([nH]1)CCCC2. The molecule has 0 saturated carbocycles. The summed E-state index contributed by atoms with van der Waals surface area (Å²) in [4.78, 5) is 25.0. The zero-order chi connectivity index (χ0) is 16.9. The molecule has 0 radical (unpaired) electrons. The first-order valence-electron chi connectivity index (χ1n) is 9.19. The Morgan fingerprint density at radius 2 is 2.25 bits per heavy atom. The molecule has 3 rings (SSSR count). The molecule has 0 bridgehead atoms. The molecular weight excluding hydrogens is 302 g/mol. The number of aryl methyl sites for hydroxylation is 2. The highest BCUT2D eigenvalue weighted by molar-refractivity contribution is 5.78. The van der Waals surface area contributed by atoms with Crippen LogP contribution >= 0.6 is 0 Å². The number of nitriles is 1. The Kier molecular flexibility index (Phi) is 5.52. The molecule has 1 aliphatic carbocycles. The van der Waals surface area contributed by atoms with Crippen LogP contribution in [-0.2, 0) is 17.6 Å². The largest absolute Gasteiger partial charge is 0.344 e. The zero-order valence-electron chi connectivity index (χ0n) is 14.6. The van der Waals surface area contributed by atoms with Crippen LogP contribution in [0.25, 0.3) is 0 Å². The summed E-state index contributed by atoms with van der Waals surface area (Å²) in [5.74, 6) is 1.17. The molecule has 6 heteroatoms. The first-order chi connectivity index (χ1) is 11.7. The number of likely N-dealkylation sites (N-methyl/N-ethyl adjacent to an activating group) is 1. The van der Waals surface area contributed by atoms with Gasteiger partial charge in [-0.05, 0) is 52.0 Å². The number of hydrogen-bond acceptors (Lipinski definition) is 4. The molecule has 6 nitrogen and oxygen atoms in total. The van der Waals surface area contributed by atoms with E-state index >= 15 is 0 Å². The van der Waals surface area contributed by atoms with Crippen molar-refractivity contribution in [1.82, 2.24) is 19.8 Å². The van der Waals surface area contributed by atoms with Crippen LogP contribution in [0.5, 0.6) is 0 Å². The van der Waals surface area contributed by atoms with E-state index in [0.29, 0.717) is 26.1 Å². The summed E-state index contributed by atoms with van der Waals surface area (Å²) in [6, 6.07) is 2.35. The third-order valence-electron chi connectivity index (χ3n) is 5.22. The molecule has 24 heavy (non-hydrogen) atoms. The fourth-order valence-corrected chi connectivity index (χ4v) is 3.88. The van der Waals surface area contributed by atoms with Crippen LogP contribution in [0.1, 0.15) is 62.3 Å². The molecule has 0 spiro atoms. The van der Waals surface area contributed by atoms with Crippen LogP contribution in [-0.4, -0.2) is 51.9 Å². The molecule has 2 heterocycles. The van der Waals surface area contributed by atoms with Gasteiger partial charge in [-0.15, -0.1) is 0 Å². The summed E-state index contributed by atoms with van der Waals surface area (Å²) in [6.45, 7) is 4.53. The van der Waals surface area contributed by atoms with Crippen molar-refractivity contribution in [3.8, 4) is 6.07 Å². The van der Waals surface area contributed by atoms with Gasteiger partial charge in [0.15, 0.2) is 0 Å². The van der Waals surface area contributed by atoms with Gasteiger partial charge in [-0.1, -0.05) is 0 Å². The number of nitrogens with one attached hydrogen (secondary N) is 1. The van der Waals surface area contributed by atoms with E-state index in [-0.39, 0.29) is 11.9 Å². The molecular formula is C18H27N5O. The number of nitrogens with zero attached hydrogens (tertiary/aromatic N) is 4.